The molecule has 3 fully saturated rings. The molecule has 0 aliphatic carbocycles. The fourth-order valence-electron chi connectivity index (χ4n) is 8.10. The van der Waals surface area contributed by atoms with Gasteiger partial charge in [-0.25, -0.2) is 8.78 Å². The van der Waals surface area contributed by atoms with Gasteiger partial charge in [-0.3, -0.25) is 34.9 Å². The summed E-state index contributed by atoms with van der Waals surface area (Å²) in [6, 6.07) is 26.1. The molecule has 326 valence electrons. The zero-order valence-corrected chi connectivity index (χ0v) is 38.1. The van der Waals surface area contributed by atoms with Crippen LogP contribution in [-0.4, -0.2) is 144 Å². The molecule has 3 saturated heterocycles. The van der Waals surface area contributed by atoms with Gasteiger partial charge in [0, 0.05) is 74.0 Å². The number of nitro groups is 2. The molecule has 6 rings (SSSR count). The van der Waals surface area contributed by atoms with E-state index in [0.29, 0.717) is 17.4 Å². The summed E-state index contributed by atoms with van der Waals surface area (Å²) < 4.78 is 61.4. The summed E-state index contributed by atoms with van der Waals surface area (Å²) in [7, 11) is 5.50. The molecule has 0 amide bonds. The summed E-state index contributed by atoms with van der Waals surface area (Å²) in [5.41, 5.74) is 9.17. The Balaban J connectivity index is 0.000000276. The first-order valence-corrected chi connectivity index (χ1v) is 20.5. The minimum atomic E-state index is -4.93. The van der Waals surface area contributed by atoms with Gasteiger partial charge in [0.05, 0.1) is 24.5 Å². The number of aliphatic hydroxyl groups is 1. The van der Waals surface area contributed by atoms with E-state index < -0.39 is 42.2 Å². The van der Waals surface area contributed by atoms with E-state index in [1.165, 1.54) is 19.4 Å². The van der Waals surface area contributed by atoms with Crippen LogP contribution in [0.4, 0.5) is 20.4 Å². The molecule has 0 spiro atoms. The van der Waals surface area contributed by atoms with Crippen molar-refractivity contribution in [3.8, 4) is 0 Å². The maximum Gasteiger partial charge on any atom is 0.278 e. The third-order valence-corrected chi connectivity index (χ3v) is 12.4. The van der Waals surface area contributed by atoms with Gasteiger partial charge in [-0.05, 0) is 37.8 Å². The molecular formula is C40H58F5N7O5SZn. The third-order valence-electron chi connectivity index (χ3n) is 11.3. The van der Waals surface area contributed by atoms with Crippen LogP contribution in [0.25, 0.3) is 0 Å². The van der Waals surface area contributed by atoms with Gasteiger partial charge in [0.15, 0.2) is 0 Å². The van der Waals surface area contributed by atoms with Crippen LogP contribution < -0.4 is 5.73 Å². The number of nitrogens with two attached hydrogens (primary N) is 1. The van der Waals surface area contributed by atoms with E-state index in [-0.39, 0.29) is 85.5 Å². The molecule has 3 aliphatic rings. The minimum absolute atomic E-state index is 0. The molecule has 9 atom stereocenters. The number of benzene rings is 3. The Labute approximate surface area is 359 Å². The molecule has 59 heavy (non-hydrogen) atoms. The number of nitrogens with zero attached hydrogens (tertiary/aromatic N) is 6. The van der Waals surface area contributed by atoms with Gasteiger partial charge < -0.3 is 10.8 Å². The zero-order chi connectivity index (χ0) is 43.2. The Morgan fingerprint density at radius 1 is 0.661 bits per heavy atom. The van der Waals surface area contributed by atoms with E-state index in [1.807, 2.05) is 103 Å². The van der Waals surface area contributed by atoms with Gasteiger partial charge in [-0.2, -0.15) is 4.31 Å². The van der Waals surface area contributed by atoms with E-state index in [2.05, 4.69) is 12.1 Å². The molecule has 3 aliphatic heterocycles. The largest absolute Gasteiger partial charge is 0.394 e. The van der Waals surface area contributed by atoms with Crippen molar-refractivity contribution < 1.29 is 54.9 Å². The fraction of sp³-hybridized carbons (Fsp3) is 0.550. The molecule has 0 bridgehead atoms. The second kappa shape index (κ2) is 24.9. The standard InChI is InChI=1S/C12H15FN2O2.C12H17FN2.C12H16N2O3.C4H10F3NS.Zn/c1-14-8-10(9-5-3-2-4-6-9)12(15(16)17)11(14)7-13;1-15-8-10(12(14)11(15)7-13)9-5-3-2-4-6-9;1-13-7-10(9-5-3-2-4-6-9)12(14(16)17)11(13)8-15;1-3-8(4-2)9(5,6)7;/h2-6,10-12H,7-8H2,1H3;2-6,10-12H,7-8,14H2,1H3;2-6,10-12,15H,7-8H2,1H3;3-4H2,1-2H3;/t3*10-,11+,12-;;/m111../s1. The Morgan fingerprint density at radius 3 is 1.27 bits per heavy atom. The summed E-state index contributed by atoms with van der Waals surface area (Å²) in [4.78, 5) is 27.3. The number of aliphatic hydroxyl groups excluding tert-OH is 1. The summed E-state index contributed by atoms with van der Waals surface area (Å²) in [5.74, 6) is -0.109. The smallest absolute Gasteiger partial charge is 0.278 e. The summed E-state index contributed by atoms with van der Waals surface area (Å²) in [6.45, 7) is 3.92. The Bertz CT molecular complexity index is 1590. The van der Waals surface area contributed by atoms with Crippen LogP contribution in [0.3, 0.4) is 0 Å². The molecule has 19 heteroatoms. The SMILES string of the molecule is CCN(CC)S(F)(F)F.CN1C[C@H](c2ccccc2)[C@@H](N)[C@@H]1CF.CN1C[C@H](c2ccccc2)[C@@H]([N+](=O)[O-])[C@@H]1CF.CN1C[C@H](c2ccccc2)[C@@H]([N+](=O)[O-])[C@@H]1CO.[Zn]. The van der Waals surface area contributed by atoms with E-state index >= 15 is 0 Å². The molecule has 0 radical (unpaired) electrons. The quantitative estimate of drug-likeness (QED) is 0.0947. The normalized spacial score (nSPS) is 27.3. The monoisotopic (exact) mass is 907 g/mol. The Kier molecular flexibility index (Phi) is 22.0. The van der Waals surface area contributed by atoms with Gasteiger partial charge in [-0.15, -0.1) is 11.7 Å². The van der Waals surface area contributed by atoms with E-state index in [0.717, 1.165) is 17.7 Å². The van der Waals surface area contributed by atoms with Gasteiger partial charge in [0.2, 0.25) is 12.1 Å². The van der Waals surface area contributed by atoms with Gasteiger partial charge in [0.1, 0.15) is 25.4 Å². The Hall–Kier alpha value is -3.16. The minimum Gasteiger partial charge on any atom is -0.394 e. The predicted octanol–water partition coefficient (Wildman–Crippen LogP) is 6.50. The van der Waals surface area contributed by atoms with Crippen molar-refractivity contribution in [3.05, 3.63) is 128 Å². The van der Waals surface area contributed by atoms with Gasteiger partial charge in [-0.1, -0.05) is 105 Å². The molecule has 0 aromatic heterocycles. The number of alkyl halides is 2. The Morgan fingerprint density at radius 2 is 0.983 bits per heavy atom. The van der Waals surface area contributed by atoms with Crippen molar-refractivity contribution in [1.82, 2.24) is 19.0 Å². The molecular weight excluding hydrogens is 851 g/mol. The number of hydrogen-bond acceptors (Lipinski definition) is 10. The fourth-order valence-corrected chi connectivity index (χ4v) is 8.68. The maximum atomic E-state index is 12.9. The summed E-state index contributed by atoms with van der Waals surface area (Å²) in [5, 5.41) is 31.6. The zero-order valence-electron chi connectivity index (χ0n) is 34.4. The van der Waals surface area contributed by atoms with Crippen LogP contribution in [0.1, 0.15) is 48.3 Å². The first-order valence-electron chi connectivity index (χ1n) is 19.2. The van der Waals surface area contributed by atoms with Crippen LogP contribution in [-0.2, 0) is 19.5 Å². The topological polar surface area (TPSA) is 145 Å². The van der Waals surface area contributed by atoms with Crippen molar-refractivity contribution in [2.75, 3.05) is 73.8 Å². The molecule has 0 unspecified atom stereocenters. The van der Waals surface area contributed by atoms with Gasteiger partial charge >= 0.3 is 0 Å². The second-order valence-electron chi connectivity index (χ2n) is 14.7. The van der Waals surface area contributed by atoms with Crippen molar-refractivity contribution in [2.24, 2.45) is 5.73 Å². The van der Waals surface area contributed by atoms with Crippen LogP contribution in [0, 0.1) is 20.2 Å². The van der Waals surface area contributed by atoms with Crippen LogP contribution >= 0.6 is 11.4 Å². The number of likely N-dealkylation sites (N-methyl/N-ethyl adjacent to an activating group) is 3. The van der Waals surface area contributed by atoms with Crippen LogP contribution in [0.2, 0.25) is 0 Å². The average Bonchev–Trinajstić information content (AvgIpc) is 3.84. The summed E-state index contributed by atoms with van der Waals surface area (Å²) >= 11 is -4.93. The van der Waals surface area contributed by atoms with E-state index in [1.54, 1.807) is 11.9 Å². The van der Waals surface area contributed by atoms with Gasteiger partial charge in [0.25, 0.3) is 11.4 Å². The third kappa shape index (κ3) is 13.9. The second-order valence-corrected chi connectivity index (χ2v) is 16.0. The molecule has 3 aromatic carbocycles. The number of hydrogen-bond donors (Lipinski definition) is 2. The first-order chi connectivity index (χ1) is 27.5. The molecule has 3 heterocycles. The molecule has 3 aromatic rings. The maximum absolute atomic E-state index is 12.9. The van der Waals surface area contributed by atoms with Crippen molar-refractivity contribution in [3.63, 3.8) is 0 Å². The number of likely N-dealkylation sites (tertiary alicyclic amines) is 3. The molecule has 12 nitrogen and oxygen atoms in total. The number of rotatable bonds is 11. The first kappa shape index (κ1) is 52.0. The molecule has 3 N–H and O–H groups in total. The number of halogens is 5. The summed E-state index contributed by atoms with van der Waals surface area (Å²) in [6.07, 6.45) is 0. The van der Waals surface area contributed by atoms with Crippen molar-refractivity contribution in [2.45, 2.75) is 67.9 Å². The van der Waals surface area contributed by atoms with Crippen molar-refractivity contribution in [1.29, 1.82) is 0 Å². The predicted molar refractivity (Wildman–Crippen MR) is 219 cm³/mol. The van der Waals surface area contributed by atoms with Crippen molar-refractivity contribution >= 4 is 11.4 Å². The van der Waals surface area contributed by atoms with E-state index in [9.17, 15) is 45.8 Å². The van der Waals surface area contributed by atoms with Crippen LogP contribution in [0.15, 0.2) is 91.0 Å². The average molecular weight is 909 g/mol. The molecule has 0 saturated carbocycles. The van der Waals surface area contributed by atoms with E-state index in [4.69, 9.17) is 5.73 Å². The van der Waals surface area contributed by atoms with Crippen LogP contribution in [0.5, 0.6) is 0 Å².